The number of allylic oxidation sites excluding steroid dienone is 10. The molecule has 0 aromatic rings. The molecule has 0 radical (unpaired) electrons. The van der Waals surface area contributed by atoms with Crippen LogP contribution in [-0.4, -0.2) is 0 Å². The molecule has 0 saturated heterocycles. The van der Waals surface area contributed by atoms with Gasteiger partial charge in [0.05, 0.1) is 0 Å². The highest BCUT2D eigenvalue weighted by Crippen LogP contribution is 2.27. The first-order chi connectivity index (χ1) is 10.1. The Bertz CT molecular complexity index is 484. The fourth-order valence-corrected chi connectivity index (χ4v) is 2.28. The Kier molecular flexibility index (Phi) is 8.04. The lowest BCUT2D eigenvalue weighted by atomic mass is 9.94. The molecule has 0 N–H and O–H groups in total. The topological polar surface area (TPSA) is 0 Å². The number of hydrogen-bond donors (Lipinski definition) is 0. The lowest BCUT2D eigenvalue weighted by Gasteiger charge is -2.12. The van der Waals surface area contributed by atoms with Crippen LogP contribution in [0.1, 0.15) is 66.2 Å². The van der Waals surface area contributed by atoms with Gasteiger partial charge in [-0.25, -0.2) is 4.39 Å². The highest BCUT2D eigenvalue weighted by molar-refractivity contribution is 5.34. The van der Waals surface area contributed by atoms with Gasteiger partial charge in [0.25, 0.3) is 0 Å². The SMILES string of the molecule is CC1=CCC(F)=C(CCC2=CC=C(C)CC2)C=C1.CCC. The second kappa shape index (κ2) is 9.55. The van der Waals surface area contributed by atoms with E-state index < -0.39 is 0 Å². The summed E-state index contributed by atoms with van der Waals surface area (Å²) in [5.74, 6) is 0.0335. The van der Waals surface area contributed by atoms with Crippen LogP contribution < -0.4 is 0 Å². The molecule has 0 aromatic heterocycles. The zero-order chi connectivity index (χ0) is 15.7. The van der Waals surface area contributed by atoms with E-state index in [2.05, 4.69) is 32.9 Å². The summed E-state index contributed by atoms with van der Waals surface area (Å²) in [6.45, 7) is 8.43. The van der Waals surface area contributed by atoms with Crippen molar-refractivity contribution in [1.29, 1.82) is 0 Å². The maximum absolute atomic E-state index is 13.9. The van der Waals surface area contributed by atoms with Gasteiger partial charge in [-0.15, -0.1) is 0 Å². The van der Waals surface area contributed by atoms with Gasteiger partial charge in [-0.05, 0) is 45.1 Å². The van der Waals surface area contributed by atoms with Gasteiger partial charge >= 0.3 is 0 Å². The molecule has 0 unspecified atom stereocenters. The van der Waals surface area contributed by atoms with E-state index in [4.69, 9.17) is 0 Å². The monoisotopic (exact) mass is 288 g/mol. The van der Waals surface area contributed by atoms with Crippen molar-refractivity contribution in [3.63, 3.8) is 0 Å². The molecule has 116 valence electrons. The van der Waals surface area contributed by atoms with Gasteiger partial charge in [0.15, 0.2) is 0 Å². The van der Waals surface area contributed by atoms with Gasteiger partial charge in [0, 0.05) is 6.42 Å². The van der Waals surface area contributed by atoms with Gasteiger partial charge in [-0.2, -0.15) is 0 Å². The third kappa shape index (κ3) is 6.75. The molecule has 0 nitrogen and oxygen atoms in total. The molecule has 0 heterocycles. The van der Waals surface area contributed by atoms with Crippen LogP contribution in [0.2, 0.25) is 0 Å². The summed E-state index contributed by atoms with van der Waals surface area (Å²) in [5.41, 5.74) is 4.91. The standard InChI is InChI=1S/C17H21F.C3H8/c1-13-3-7-15(8-4-13)9-11-16-10-5-14(2)6-12-17(16)18;1-3-2/h3,5-7,10H,4,8-9,11-12H2,1-2H3;3H2,1-2H3. The molecule has 21 heavy (non-hydrogen) atoms. The van der Waals surface area contributed by atoms with Crippen LogP contribution in [0.15, 0.2) is 58.5 Å². The van der Waals surface area contributed by atoms with E-state index in [-0.39, 0.29) is 5.83 Å². The van der Waals surface area contributed by atoms with Crippen molar-refractivity contribution in [1.82, 2.24) is 0 Å². The van der Waals surface area contributed by atoms with Crippen LogP contribution in [0.3, 0.4) is 0 Å². The minimum atomic E-state index is 0.0335. The number of rotatable bonds is 3. The molecule has 0 aromatic carbocycles. The molecule has 0 amide bonds. The molecule has 0 spiro atoms. The molecule has 2 aliphatic rings. The second-order valence-electron chi connectivity index (χ2n) is 5.96. The van der Waals surface area contributed by atoms with Crippen molar-refractivity contribution in [2.75, 3.05) is 0 Å². The fraction of sp³-hybridized carbons (Fsp3) is 0.500. The quantitative estimate of drug-likeness (QED) is 0.525. The Morgan fingerprint density at radius 2 is 1.71 bits per heavy atom. The van der Waals surface area contributed by atoms with Crippen molar-refractivity contribution < 1.29 is 4.39 Å². The largest absolute Gasteiger partial charge is 0.211 e. The van der Waals surface area contributed by atoms with E-state index in [1.807, 2.05) is 25.2 Å². The van der Waals surface area contributed by atoms with Crippen LogP contribution >= 0.6 is 0 Å². The van der Waals surface area contributed by atoms with E-state index in [1.165, 1.54) is 17.6 Å². The van der Waals surface area contributed by atoms with E-state index in [9.17, 15) is 4.39 Å². The summed E-state index contributed by atoms with van der Waals surface area (Å²) in [7, 11) is 0. The van der Waals surface area contributed by atoms with Crippen LogP contribution in [-0.2, 0) is 0 Å². The van der Waals surface area contributed by atoms with Gasteiger partial charge in [0.2, 0.25) is 0 Å². The summed E-state index contributed by atoms with van der Waals surface area (Å²) in [5, 5.41) is 0. The van der Waals surface area contributed by atoms with Crippen LogP contribution in [0.5, 0.6) is 0 Å². The second-order valence-corrected chi connectivity index (χ2v) is 5.96. The Balaban J connectivity index is 0.000000677. The zero-order valence-electron chi connectivity index (χ0n) is 14.0. The van der Waals surface area contributed by atoms with Crippen molar-refractivity contribution in [3.05, 3.63) is 58.5 Å². The molecule has 0 atom stereocenters. The van der Waals surface area contributed by atoms with Gasteiger partial charge in [-0.1, -0.05) is 67.4 Å². The third-order valence-electron chi connectivity index (χ3n) is 3.66. The van der Waals surface area contributed by atoms with Gasteiger partial charge in [-0.3, -0.25) is 0 Å². The lowest BCUT2D eigenvalue weighted by molar-refractivity contribution is 0.601. The van der Waals surface area contributed by atoms with Crippen molar-refractivity contribution >= 4 is 0 Å². The minimum absolute atomic E-state index is 0.0335. The lowest BCUT2D eigenvalue weighted by Crippen LogP contribution is -1.93. The van der Waals surface area contributed by atoms with E-state index in [0.29, 0.717) is 6.42 Å². The first kappa shape index (κ1) is 17.7. The highest BCUT2D eigenvalue weighted by Gasteiger charge is 2.08. The summed E-state index contributed by atoms with van der Waals surface area (Å²) >= 11 is 0. The number of halogens is 1. The molecule has 2 aliphatic carbocycles. The molecular formula is C20H29F. The molecule has 1 heteroatoms. The molecule has 2 rings (SSSR count). The van der Waals surface area contributed by atoms with E-state index >= 15 is 0 Å². The van der Waals surface area contributed by atoms with Crippen LogP contribution in [0.4, 0.5) is 4.39 Å². The Morgan fingerprint density at radius 3 is 2.33 bits per heavy atom. The maximum Gasteiger partial charge on any atom is 0.107 e. The van der Waals surface area contributed by atoms with Gasteiger partial charge < -0.3 is 0 Å². The average molecular weight is 288 g/mol. The Morgan fingerprint density at radius 1 is 1.00 bits per heavy atom. The first-order valence-corrected chi connectivity index (χ1v) is 8.14. The highest BCUT2D eigenvalue weighted by atomic mass is 19.1. The van der Waals surface area contributed by atoms with Gasteiger partial charge in [0.1, 0.15) is 5.83 Å². The van der Waals surface area contributed by atoms with Crippen molar-refractivity contribution in [3.8, 4) is 0 Å². The van der Waals surface area contributed by atoms with E-state index in [1.54, 1.807) is 0 Å². The minimum Gasteiger partial charge on any atom is -0.211 e. The predicted octanol–water partition coefficient (Wildman–Crippen LogP) is 6.98. The van der Waals surface area contributed by atoms with Crippen LogP contribution in [0.25, 0.3) is 0 Å². The fourth-order valence-electron chi connectivity index (χ4n) is 2.28. The van der Waals surface area contributed by atoms with E-state index in [0.717, 1.165) is 36.8 Å². The molecule has 0 saturated carbocycles. The predicted molar refractivity (Wildman–Crippen MR) is 91.9 cm³/mol. The van der Waals surface area contributed by atoms with Crippen molar-refractivity contribution in [2.45, 2.75) is 66.2 Å². The zero-order valence-corrected chi connectivity index (χ0v) is 14.0. The summed E-state index contributed by atoms with van der Waals surface area (Å²) < 4.78 is 13.9. The Hall–Kier alpha value is -1.37. The summed E-state index contributed by atoms with van der Waals surface area (Å²) in [4.78, 5) is 0. The third-order valence-corrected chi connectivity index (χ3v) is 3.66. The molecule has 0 bridgehead atoms. The smallest absolute Gasteiger partial charge is 0.107 e. The summed E-state index contributed by atoms with van der Waals surface area (Å²) in [6, 6.07) is 0. The molecule has 0 aliphatic heterocycles. The first-order valence-electron chi connectivity index (χ1n) is 8.14. The van der Waals surface area contributed by atoms with Crippen LogP contribution in [0, 0.1) is 0 Å². The molecular weight excluding hydrogens is 259 g/mol. The Labute approximate surface area is 129 Å². The van der Waals surface area contributed by atoms with Crippen molar-refractivity contribution in [2.24, 2.45) is 0 Å². The maximum atomic E-state index is 13.9. The normalized spacial score (nSPS) is 18.2. The number of hydrogen-bond acceptors (Lipinski definition) is 0. The molecule has 0 fully saturated rings. The average Bonchev–Trinajstić information content (AvgIpc) is 2.62. The summed E-state index contributed by atoms with van der Waals surface area (Å²) in [6.07, 6.45) is 16.1.